The lowest BCUT2D eigenvalue weighted by Gasteiger charge is -2.29. The second-order valence-corrected chi connectivity index (χ2v) is 6.65. The number of fused-ring (bicyclic) bond motifs is 1. The van der Waals surface area contributed by atoms with Gasteiger partial charge in [0.2, 0.25) is 5.91 Å². The fourth-order valence-electron chi connectivity index (χ4n) is 3.43. The van der Waals surface area contributed by atoms with Crippen LogP contribution in [-0.2, 0) is 17.9 Å². The van der Waals surface area contributed by atoms with E-state index in [9.17, 15) is 9.59 Å². The van der Waals surface area contributed by atoms with Gasteiger partial charge in [-0.3, -0.25) is 13.9 Å². The van der Waals surface area contributed by atoms with Crippen molar-refractivity contribution in [2.24, 2.45) is 0 Å². The number of carbonyl (C=O) groups excluding carboxylic acids is 1. The number of hydrogen-bond acceptors (Lipinski definition) is 3. The summed E-state index contributed by atoms with van der Waals surface area (Å²) in [5.41, 5.74) is 1.63. The van der Waals surface area contributed by atoms with Crippen LogP contribution in [0.15, 0.2) is 29.1 Å². The quantitative estimate of drug-likeness (QED) is 0.902. The van der Waals surface area contributed by atoms with Gasteiger partial charge >= 0.3 is 5.69 Å². The molecule has 2 aromatic rings. The minimum absolute atomic E-state index is 0.0777. The van der Waals surface area contributed by atoms with Crippen molar-refractivity contribution in [3.05, 3.63) is 34.7 Å². The highest BCUT2D eigenvalue weighted by Crippen LogP contribution is 2.13. The molecule has 1 N–H and O–H groups in total. The Balaban J connectivity index is 1.78. The summed E-state index contributed by atoms with van der Waals surface area (Å²) >= 11 is 0. The number of benzene rings is 1. The Morgan fingerprint density at radius 1 is 1.17 bits per heavy atom. The van der Waals surface area contributed by atoms with E-state index in [1.807, 2.05) is 31.2 Å². The van der Waals surface area contributed by atoms with Gasteiger partial charge in [0.15, 0.2) is 0 Å². The van der Waals surface area contributed by atoms with Crippen LogP contribution in [0.25, 0.3) is 11.0 Å². The van der Waals surface area contributed by atoms with Crippen LogP contribution in [0.3, 0.4) is 0 Å². The molecule has 0 aliphatic carbocycles. The van der Waals surface area contributed by atoms with Crippen LogP contribution in [0.2, 0.25) is 0 Å². The van der Waals surface area contributed by atoms with E-state index in [1.54, 1.807) is 9.13 Å². The predicted molar refractivity (Wildman–Crippen MR) is 95.2 cm³/mol. The molecule has 1 saturated heterocycles. The lowest BCUT2D eigenvalue weighted by molar-refractivity contribution is -0.122. The summed E-state index contributed by atoms with van der Waals surface area (Å²) in [6, 6.07) is 7.90. The highest BCUT2D eigenvalue weighted by Gasteiger charge is 2.20. The Morgan fingerprint density at radius 3 is 2.42 bits per heavy atom. The van der Waals surface area contributed by atoms with Crippen LogP contribution >= 0.6 is 0 Å². The molecule has 0 radical (unpaired) electrons. The number of para-hydroxylation sites is 2. The Hall–Kier alpha value is -2.08. The summed E-state index contributed by atoms with van der Waals surface area (Å²) in [5, 5.41) is 3.09. The minimum Gasteiger partial charge on any atom is -0.352 e. The van der Waals surface area contributed by atoms with Gasteiger partial charge in [-0.2, -0.15) is 0 Å². The SMILES string of the molecule is CCCn1c(=O)n(CC(=O)NC2CCN(C)CC2)c2ccccc21. The standard InChI is InChI=1S/C18H26N4O2/c1-3-10-21-15-6-4-5-7-16(15)22(18(21)24)13-17(23)19-14-8-11-20(2)12-9-14/h4-7,14H,3,8-13H2,1-2H3,(H,19,23). The lowest BCUT2D eigenvalue weighted by Crippen LogP contribution is -2.45. The molecule has 2 heterocycles. The summed E-state index contributed by atoms with van der Waals surface area (Å²) in [6.07, 6.45) is 2.82. The minimum atomic E-state index is -0.100. The molecule has 0 spiro atoms. The summed E-state index contributed by atoms with van der Waals surface area (Å²) in [6.45, 7) is 4.80. The van der Waals surface area contributed by atoms with Crippen LogP contribution in [-0.4, -0.2) is 46.1 Å². The van der Waals surface area contributed by atoms with Gasteiger partial charge in [-0.25, -0.2) is 4.79 Å². The maximum Gasteiger partial charge on any atom is 0.329 e. The number of hydrogen-bond donors (Lipinski definition) is 1. The zero-order chi connectivity index (χ0) is 17.1. The second kappa shape index (κ2) is 7.21. The molecule has 1 aromatic heterocycles. The lowest BCUT2D eigenvalue weighted by atomic mass is 10.1. The molecular weight excluding hydrogens is 304 g/mol. The molecular formula is C18H26N4O2. The number of amides is 1. The first-order valence-corrected chi connectivity index (χ1v) is 8.76. The van der Waals surface area contributed by atoms with Gasteiger partial charge in [0, 0.05) is 12.6 Å². The number of likely N-dealkylation sites (tertiary alicyclic amines) is 1. The van der Waals surface area contributed by atoms with E-state index in [1.165, 1.54) is 0 Å². The highest BCUT2D eigenvalue weighted by molar-refractivity contribution is 5.81. The van der Waals surface area contributed by atoms with Crippen LogP contribution in [0.5, 0.6) is 0 Å². The maximum absolute atomic E-state index is 12.7. The van der Waals surface area contributed by atoms with Crippen molar-refractivity contribution in [3.8, 4) is 0 Å². The molecule has 130 valence electrons. The molecule has 3 rings (SSSR count). The van der Waals surface area contributed by atoms with E-state index in [-0.39, 0.29) is 24.2 Å². The zero-order valence-electron chi connectivity index (χ0n) is 14.5. The van der Waals surface area contributed by atoms with Gasteiger partial charge in [-0.05, 0) is 51.5 Å². The first-order valence-electron chi connectivity index (χ1n) is 8.76. The van der Waals surface area contributed by atoms with Gasteiger partial charge in [-0.1, -0.05) is 19.1 Å². The Bertz CT molecular complexity index is 769. The van der Waals surface area contributed by atoms with Gasteiger partial charge in [-0.15, -0.1) is 0 Å². The molecule has 24 heavy (non-hydrogen) atoms. The average molecular weight is 330 g/mol. The van der Waals surface area contributed by atoms with Gasteiger partial charge in [0.1, 0.15) is 6.54 Å². The molecule has 0 saturated carbocycles. The fraction of sp³-hybridized carbons (Fsp3) is 0.556. The first-order chi connectivity index (χ1) is 11.6. The smallest absolute Gasteiger partial charge is 0.329 e. The van der Waals surface area contributed by atoms with E-state index in [0.29, 0.717) is 6.54 Å². The Kier molecular flexibility index (Phi) is 5.04. The highest BCUT2D eigenvalue weighted by atomic mass is 16.2. The topological polar surface area (TPSA) is 59.3 Å². The van der Waals surface area contributed by atoms with Gasteiger partial charge < -0.3 is 10.2 Å². The van der Waals surface area contributed by atoms with Gasteiger partial charge in [0.05, 0.1) is 11.0 Å². The maximum atomic E-state index is 12.7. The molecule has 1 amide bonds. The number of carbonyl (C=O) groups is 1. The summed E-state index contributed by atoms with van der Waals surface area (Å²) < 4.78 is 3.35. The fourth-order valence-corrected chi connectivity index (χ4v) is 3.43. The number of piperidine rings is 1. The summed E-state index contributed by atoms with van der Waals surface area (Å²) in [7, 11) is 2.10. The van der Waals surface area contributed by atoms with Crippen molar-refractivity contribution in [3.63, 3.8) is 0 Å². The molecule has 0 atom stereocenters. The third-order valence-corrected chi connectivity index (χ3v) is 4.76. The van der Waals surface area contributed by atoms with Crippen molar-refractivity contribution >= 4 is 16.9 Å². The third-order valence-electron chi connectivity index (χ3n) is 4.76. The number of nitrogens with one attached hydrogen (secondary N) is 1. The molecule has 1 fully saturated rings. The van der Waals surface area contributed by atoms with Crippen molar-refractivity contribution in [2.45, 2.75) is 45.3 Å². The van der Waals surface area contributed by atoms with E-state index >= 15 is 0 Å². The predicted octanol–water partition coefficient (Wildman–Crippen LogP) is 1.42. The second-order valence-electron chi connectivity index (χ2n) is 6.65. The number of aryl methyl sites for hydroxylation is 1. The largest absolute Gasteiger partial charge is 0.352 e. The van der Waals surface area contributed by atoms with Crippen LogP contribution in [0.4, 0.5) is 0 Å². The van der Waals surface area contributed by atoms with E-state index in [4.69, 9.17) is 0 Å². The molecule has 1 aromatic carbocycles. The summed E-state index contributed by atoms with van der Waals surface area (Å²) in [4.78, 5) is 27.4. The average Bonchev–Trinajstić information content (AvgIpc) is 2.83. The normalized spacial score (nSPS) is 16.6. The van der Waals surface area contributed by atoms with Crippen LogP contribution in [0, 0.1) is 0 Å². The monoisotopic (exact) mass is 330 g/mol. The number of rotatable bonds is 5. The van der Waals surface area contributed by atoms with Gasteiger partial charge in [0.25, 0.3) is 0 Å². The van der Waals surface area contributed by atoms with E-state index < -0.39 is 0 Å². The Labute approximate surface area is 142 Å². The third kappa shape index (κ3) is 3.38. The number of nitrogens with zero attached hydrogens (tertiary/aromatic N) is 3. The molecule has 1 aliphatic heterocycles. The van der Waals surface area contributed by atoms with Crippen molar-refractivity contribution in [1.82, 2.24) is 19.4 Å². The van der Waals surface area contributed by atoms with Crippen molar-refractivity contribution in [2.75, 3.05) is 20.1 Å². The molecule has 6 heteroatoms. The van der Waals surface area contributed by atoms with Crippen LogP contribution < -0.4 is 11.0 Å². The molecule has 0 bridgehead atoms. The first kappa shape index (κ1) is 16.8. The van der Waals surface area contributed by atoms with Crippen LogP contribution in [0.1, 0.15) is 26.2 Å². The number of imidazole rings is 1. The molecule has 1 aliphatic rings. The number of aromatic nitrogens is 2. The van der Waals surface area contributed by atoms with Crippen molar-refractivity contribution < 1.29 is 4.79 Å². The molecule has 0 unspecified atom stereocenters. The summed E-state index contributed by atoms with van der Waals surface area (Å²) in [5.74, 6) is -0.0777. The van der Waals surface area contributed by atoms with E-state index in [0.717, 1.165) is 43.4 Å². The Morgan fingerprint density at radius 2 is 1.79 bits per heavy atom. The van der Waals surface area contributed by atoms with Crippen molar-refractivity contribution in [1.29, 1.82) is 0 Å². The van der Waals surface area contributed by atoms with E-state index in [2.05, 4.69) is 17.3 Å². The zero-order valence-corrected chi connectivity index (χ0v) is 14.5. The molecule has 6 nitrogen and oxygen atoms in total.